The average molecular weight is 382 g/mol. The molecule has 0 radical (unpaired) electrons. The Balaban J connectivity index is 1.84. The lowest BCUT2D eigenvalue weighted by Gasteiger charge is -2.09. The van der Waals surface area contributed by atoms with Gasteiger partial charge in [-0.15, -0.1) is 0 Å². The van der Waals surface area contributed by atoms with Gasteiger partial charge in [0.1, 0.15) is 0 Å². The fourth-order valence-corrected chi connectivity index (χ4v) is 3.25. The Morgan fingerprint density at radius 3 is 2.30 bits per heavy atom. The third kappa shape index (κ3) is 4.20. The maximum Gasteiger partial charge on any atom is 0.316 e. The van der Waals surface area contributed by atoms with Crippen molar-refractivity contribution in [1.29, 1.82) is 0 Å². The Morgan fingerprint density at radius 1 is 1.07 bits per heavy atom. The number of nitrogens with one attached hydrogen (secondary N) is 1. The molecule has 0 saturated carbocycles. The molecule has 0 bridgehead atoms. The van der Waals surface area contributed by atoms with Crippen LogP contribution in [0.15, 0.2) is 54.6 Å². The quantitative estimate of drug-likeness (QED) is 0.646. The van der Waals surface area contributed by atoms with Gasteiger partial charge in [-0.3, -0.25) is 4.79 Å². The van der Waals surface area contributed by atoms with E-state index in [-0.39, 0.29) is 5.78 Å². The van der Waals surface area contributed by atoms with Crippen LogP contribution < -0.4 is 11.1 Å². The molecule has 6 heteroatoms. The van der Waals surface area contributed by atoms with Crippen molar-refractivity contribution in [3.63, 3.8) is 0 Å². The minimum Gasteiger partial charge on any atom is -0.351 e. The molecule has 3 rings (SSSR count). The molecule has 0 aliphatic heterocycles. The lowest BCUT2D eigenvalue weighted by Crippen LogP contribution is -2.19. The van der Waals surface area contributed by atoms with E-state index < -0.39 is 6.03 Å². The molecule has 0 aliphatic carbocycles. The Kier molecular flexibility index (Phi) is 5.33. The molecule has 5 nitrogen and oxygen atoms in total. The number of rotatable bonds is 5. The Labute approximate surface area is 162 Å². The fraction of sp³-hybridized carbons (Fsp3) is 0.143. The van der Waals surface area contributed by atoms with Crippen LogP contribution in [-0.2, 0) is 13.5 Å². The molecule has 1 aromatic heterocycles. The summed E-state index contributed by atoms with van der Waals surface area (Å²) in [6.07, 6.45) is 0.669. The highest BCUT2D eigenvalue weighted by atomic mass is 35.5. The van der Waals surface area contributed by atoms with Crippen LogP contribution in [0.5, 0.6) is 0 Å². The zero-order valence-electron chi connectivity index (χ0n) is 15.1. The summed E-state index contributed by atoms with van der Waals surface area (Å²) >= 11 is 5.91. The number of aryl methyl sites for hydroxylation is 1. The number of ketones is 1. The number of nitrogens with zero attached hydrogens (tertiary/aromatic N) is 1. The summed E-state index contributed by atoms with van der Waals surface area (Å²) in [6, 6.07) is 15.8. The monoisotopic (exact) mass is 381 g/mol. The molecule has 0 aliphatic rings. The SMILES string of the molecule is Cc1cc(Cc2ccc(NC(N)=O)cc2)n(C)c1C(=O)c1ccc(Cl)cc1. The van der Waals surface area contributed by atoms with E-state index in [9.17, 15) is 9.59 Å². The number of hydrogen-bond acceptors (Lipinski definition) is 2. The lowest BCUT2D eigenvalue weighted by molar-refractivity contribution is 0.103. The summed E-state index contributed by atoms with van der Waals surface area (Å²) in [5, 5.41) is 3.14. The second kappa shape index (κ2) is 7.68. The van der Waals surface area contributed by atoms with Crippen molar-refractivity contribution < 1.29 is 9.59 Å². The van der Waals surface area contributed by atoms with E-state index >= 15 is 0 Å². The molecule has 138 valence electrons. The number of nitrogens with two attached hydrogens (primary N) is 1. The molecular formula is C21H20ClN3O2. The van der Waals surface area contributed by atoms with Crippen LogP contribution in [0.3, 0.4) is 0 Å². The highest BCUT2D eigenvalue weighted by Gasteiger charge is 2.18. The number of hydrogen-bond donors (Lipinski definition) is 2. The third-order valence-corrected chi connectivity index (χ3v) is 4.70. The molecule has 2 aromatic carbocycles. The number of primary amides is 1. The van der Waals surface area contributed by atoms with Crippen LogP contribution in [0.25, 0.3) is 0 Å². The number of aromatic nitrogens is 1. The second-order valence-electron chi connectivity index (χ2n) is 6.43. The van der Waals surface area contributed by atoms with Gasteiger partial charge in [0, 0.05) is 35.4 Å². The van der Waals surface area contributed by atoms with E-state index in [4.69, 9.17) is 17.3 Å². The zero-order valence-corrected chi connectivity index (χ0v) is 15.9. The van der Waals surface area contributed by atoms with Crippen LogP contribution in [0.4, 0.5) is 10.5 Å². The number of carbonyl (C=O) groups is 2. The molecule has 0 atom stereocenters. The van der Waals surface area contributed by atoms with Gasteiger partial charge in [0.15, 0.2) is 0 Å². The van der Waals surface area contributed by atoms with E-state index in [0.29, 0.717) is 28.4 Å². The number of benzene rings is 2. The minimum atomic E-state index is -0.592. The molecule has 0 unspecified atom stereocenters. The van der Waals surface area contributed by atoms with E-state index in [2.05, 4.69) is 5.32 Å². The molecular weight excluding hydrogens is 362 g/mol. The standard InChI is InChI=1S/C21H20ClN3O2/c1-13-11-18(12-14-3-9-17(10-4-14)24-21(23)27)25(2)19(13)20(26)15-5-7-16(22)8-6-15/h3-11H,12H2,1-2H3,(H3,23,24,27). The van der Waals surface area contributed by atoms with Crippen molar-refractivity contribution in [2.75, 3.05) is 5.32 Å². The lowest BCUT2D eigenvalue weighted by atomic mass is 10.1. The van der Waals surface area contributed by atoms with Crippen LogP contribution >= 0.6 is 11.6 Å². The highest BCUT2D eigenvalue weighted by molar-refractivity contribution is 6.30. The summed E-state index contributed by atoms with van der Waals surface area (Å²) in [5.41, 5.74) is 10.1. The van der Waals surface area contributed by atoms with Gasteiger partial charge < -0.3 is 15.6 Å². The van der Waals surface area contributed by atoms with Crippen molar-refractivity contribution in [1.82, 2.24) is 4.57 Å². The summed E-state index contributed by atoms with van der Waals surface area (Å²) in [7, 11) is 1.90. The van der Waals surface area contributed by atoms with E-state index in [1.54, 1.807) is 36.4 Å². The molecule has 0 fully saturated rings. The van der Waals surface area contributed by atoms with Gasteiger partial charge in [0.2, 0.25) is 5.78 Å². The van der Waals surface area contributed by atoms with Crippen molar-refractivity contribution in [3.05, 3.63) is 87.7 Å². The molecule has 0 saturated heterocycles. The van der Waals surface area contributed by atoms with Gasteiger partial charge in [0.25, 0.3) is 0 Å². The first-order chi connectivity index (χ1) is 12.8. The molecule has 27 heavy (non-hydrogen) atoms. The number of carbonyl (C=O) groups excluding carboxylic acids is 2. The van der Waals surface area contributed by atoms with Gasteiger partial charge in [-0.1, -0.05) is 23.7 Å². The number of anilines is 1. The fourth-order valence-electron chi connectivity index (χ4n) is 3.12. The van der Waals surface area contributed by atoms with Gasteiger partial charge in [-0.25, -0.2) is 4.79 Å². The number of amides is 2. The first kappa shape index (κ1) is 18.7. The summed E-state index contributed by atoms with van der Waals surface area (Å²) in [5.74, 6) is -0.0288. The molecule has 3 N–H and O–H groups in total. The maximum absolute atomic E-state index is 12.9. The highest BCUT2D eigenvalue weighted by Crippen LogP contribution is 2.22. The zero-order chi connectivity index (χ0) is 19.6. The van der Waals surface area contributed by atoms with Crippen molar-refractivity contribution >= 4 is 29.1 Å². The van der Waals surface area contributed by atoms with E-state index in [0.717, 1.165) is 16.8 Å². The van der Waals surface area contributed by atoms with Gasteiger partial charge >= 0.3 is 6.03 Å². The van der Waals surface area contributed by atoms with Crippen LogP contribution in [0.2, 0.25) is 5.02 Å². The van der Waals surface area contributed by atoms with Crippen molar-refractivity contribution in [2.24, 2.45) is 12.8 Å². The van der Waals surface area contributed by atoms with Crippen molar-refractivity contribution in [2.45, 2.75) is 13.3 Å². The average Bonchev–Trinajstić information content (AvgIpc) is 2.90. The maximum atomic E-state index is 12.9. The minimum absolute atomic E-state index is 0.0288. The normalized spacial score (nSPS) is 10.6. The van der Waals surface area contributed by atoms with Crippen molar-refractivity contribution in [3.8, 4) is 0 Å². The smallest absolute Gasteiger partial charge is 0.316 e. The Bertz CT molecular complexity index is 990. The molecule has 0 spiro atoms. The van der Waals surface area contributed by atoms with Crippen LogP contribution in [0.1, 0.15) is 32.9 Å². The summed E-state index contributed by atoms with van der Waals surface area (Å²) in [4.78, 5) is 23.8. The first-order valence-corrected chi connectivity index (χ1v) is 8.84. The predicted molar refractivity (Wildman–Crippen MR) is 107 cm³/mol. The molecule has 3 aromatic rings. The Morgan fingerprint density at radius 2 is 1.70 bits per heavy atom. The number of halogens is 1. The Hall–Kier alpha value is -3.05. The molecule has 1 heterocycles. The summed E-state index contributed by atoms with van der Waals surface area (Å²) < 4.78 is 1.93. The first-order valence-electron chi connectivity index (χ1n) is 8.46. The largest absolute Gasteiger partial charge is 0.351 e. The van der Waals surface area contributed by atoms with Crippen LogP contribution in [0, 0.1) is 6.92 Å². The van der Waals surface area contributed by atoms with Gasteiger partial charge in [-0.05, 0) is 60.5 Å². The predicted octanol–water partition coefficient (Wildman–Crippen LogP) is 4.30. The second-order valence-corrected chi connectivity index (χ2v) is 6.86. The molecule has 2 amide bonds. The van der Waals surface area contributed by atoms with E-state index in [1.165, 1.54) is 0 Å². The van der Waals surface area contributed by atoms with E-state index in [1.807, 2.05) is 36.7 Å². The van der Waals surface area contributed by atoms with Crippen LogP contribution in [-0.4, -0.2) is 16.4 Å². The third-order valence-electron chi connectivity index (χ3n) is 4.45. The topological polar surface area (TPSA) is 77.1 Å². The number of urea groups is 1. The summed E-state index contributed by atoms with van der Waals surface area (Å²) in [6.45, 7) is 1.94. The van der Waals surface area contributed by atoms with Gasteiger partial charge in [0.05, 0.1) is 5.69 Å². The van der Waals surface area contributed by atoms with Gasteiger partial charge in [-0.2, -0.15) is 0 Å².